The summed E-state index contributed by atoms with van der Waals surface area (Å²) in [6.45, 7) is 1.50. The van der Waals surface area contributed by atoms with Crippen molar-refractivity contribution in [1.82, 2.24) is 10.7 Å². The van der Waals surface area contributed by atoms with Gasteiger partial charge in [-0.25, -0.2) is 5.84 Å². The molecule has 5 nitrogen and oxygen atoms in total. The Hall–Kier alpha value is -1.10. The Morgan fingerprint density at radius 1 is 1.80 bits per heavy atom. The number of carbonyl (C=O) groups is 1. The fourth-order valence-corrected chi connectivity index (χ4v) is 0.753. The lowest BCUT2D eigenvalue weighted by Crippen LogP contribution is -2.45. The maximum atomic E-state index is 10.7. The Morgan fingerprint density at radius 3 is 3.10 bits per heavy atom. The predicted octanol–water partition coefficient (Wildman–Crippen LogP) is -1.63. The second kappa shape index (κ2) is 3.17. The van der Waals surface area contributed by atoms with Crippen LogP contribution in [-0.2, 0) is 4.79 Å². The Balaban J connectivity index is 2.53. The van der Waals surface area contributed by atoms with Gasteiger partial charge in [0.2, 0.25) is 0 Å². The highest BCUT2D eigenvalue weighted by molar-refractivity contribution is 6.37. The third-order valence-electron chi connectivity index (χ3n) is 1.24. The van der Waals surface area contributed by atoms with E-state index in [0.717, 1.165) is 13.0 Å². The largest absolute Gasteiger partial charge is 0.366 e. The zero-order valence-corrected chi connectivity index (χ0v) is 5.55. The van der Waals surface area contributed by atoms with Gasteiger partial charge < -0.3 is 5.32 Å². The van der Waals surface area contributed by atoms with Gasteiger partial charge in [-0.15, -0.1) is 0 Å². The van der Waals surface area contributed by atoms with E-state index in [9.17, 15) is 4.79 Å². The first-order chi connectivity index (χ1) is 4.84. The molecule has 0 aromatic rings. The van der Waals surface area contributed by atoms with Crippen LogP contribution in [0.1, 0.15) is 6.42 Å². The van der Waals surface area contributed by atoms with Gasteiger partial charge in [0.1, 0.15) is 0 Å². The molecule has 0 aliphatic carbocycles. The van der Waals surface area contributed by atoms with Crippen molar-refractivity contribution in [2.24, 2.45) is 10.8 Å². The number of aliphatic imine (C=N–C) groups is 1. The van der Waals surface area contributed by atoms with Gasteiger partial charge in [0.15, 0.2) is 5.84 Å². The number of amides is 1. The van der Waals surface area contributed by atoms with Crippen LogP contribution in [0.3, 0.4) is 0 Å². The molecule has 0 atom stereocenters. The van der Waals surface area contributed by atoms with Crippen molar-refractivity contribution >= 4 is 11.7 Å². The predicted molar refractivity (Wildman–Crippen MR) is 37.3 cm³/mol. The van der Waals surface area contributed by atoms with Gasteiger partial charge in [0.05, 0.1) is 0 Å². The third kappa shape index (κ3) is 1.44. The Morgan fingerprint density at radius 2 is 2.60 bits per heavy atom. The average Bonchev–Trinajstić information content (AvgIpc) is 2.05. The monoisotopic (exact) mass is 142 g/mol. The molecule has 1 rings (SSSR count). The molecule has 4 N–H and O–H groups in total. The first-order valence-electron chi connectivity index (χ1n) is 3.14. The molecule has 1 amide bonds. The normalized spacial score (nSPS) is 17.1. The molecule has 0 fully saturated rings. The van der Waals surface area contributed by atoms with Gasteiger partial charge in [-0.3, -0.25) is 15.2 Å². The van der Waals surface area contributed by atoms with E-state index in [1.165, 1.54) is 0 Å². The number of rotatable bonds is 1. The lowest BCUT2D eigenvalue weighted by atomic mass is 10.3. The smallest absolute Gasteiger partial charge is 0.300 e. The second-order valence-electron chi connectivity index (χ2n) is 1.98. The van der Waals surface area contributed by atoms with E-state index < -0.39 is 0 Å². The molecule has 1 heterocycles. The van der Waals surface area contributed by atoms with Crippen LogP contribution in [0.2, 0.25) is 0 Å². The molecule has 56 valence electrons. The minimum Gasteiger partial charge on any atom is -0.366 e. The summed E-state index contributed by atoms with van der Waals surface area (Å²) in [5.74, 6) is 4.88. The summed E-state index contributed by atoms with van der Waals surface area (Å²) in [4.78, 5) is 14.7. The lowest BCUT2D eigenvalue weighted by molar-refractivity contribution is -0.115. The van der Waals surface area contributed by atoms with Gasteiger partial charge in [0, 0.05) is 13.1 Å². The Bertz CT molecular complexity index is 165. The number of nitrogens with one attached hydrogen (secondary N) is 2. The summed E-state index contributed by atoms with van der Waals surface area (Å²) in [5.41, 5.74) is 2.00. The van der Waals surface area contributed by atoms with Gasteiger partial charge in [-0.2, -0.15) is 0 Å². The van der Waals surface area contributed by atoms with Crippen LogP contribution in [0, 0.1) is 0 Å². The summed E-state index contributed by atoms with van der Waals surface area (Å²) < 4.78 is 0. The second-order valence-corrected chi connectivity index (χ2v) is 1.98. The quantitative estimate of drug-likeness (QED) is 0.233. The molecule has 0 bridgehead atoms. The highest BCUT2D eigenvalue weighted by Crippen LogP contribution is 1.88. The number of hydrogen-bond donors (Lipinski definition) is 3. The number of nitrogens with two attached hydrogens (primary N) is 1. The van der Waals surface area contributed by atoms with E-state index in [0.29, 0.717) is 12.4 Å². The zero-order valence-electron chi connectivity index (χ0n) is 5.55. The van der Waals surface area contributed by atoms with E-state index in [1.807, 2.05) is 5.43 Å². The summed E-state index contributed by atoms with van der Waals surface area (Å²) in [6, 6.07) is 0. The van der Waals surface area contributed by atoms with Crippen LogP contribution >= 0.6 is 0 Å². The minimum atomic E-state index is -0.347. The van der Waals surface area contributed by atoms with Crippen molar-refractivity contribution in [3.63, 3.8) is 0 Å². The van der Waals surface area contributed by atoms with Crippen molar-refractivity contribution in [2.45, 2.75) is 6.42 Å². The van der Waals surface area contributed by atoms with Crippen LogP contribution in [0.15, 0.2) is 4.99 Å². The molecule has 0 saturated carbocycles. The van der Waals surface area contributed by atoms with Gasteiger partial charge >= 0.3 is 0 Å². The molecule has 0 aromatic heterocycles. The summed E-state index contributed by atoms with van der Waals surface area (Å²) in [7, 11) is 0. The standard InChI is InChI=1S/C5H10N4O/c6-9-5(10)4-7-2-1-3-8-4/h1-3,6H2,(H,7,8)(H,9,10). The topological polar surface area (TPSA) is 79.5 Å². The lowest BCUT2D eigenvalue weighted by Gasteiger charge is -2.11. The van der Waals surface area contributed by atoms with Gasteiger partial charge in [0.25, 0.3) is 5.91 Å². The molecule has 1 aliphatic heterocycles. The minimum absolute atomic E-state index is 0.341. The van der Waals surface area contributed by atoms with Crippen LogP contribution in [0.4, 0.5) is 0 Å². The molecule has 5 heteroatoms. The molecule has 0 unspecified atom stereocenters. The zero-order chi connectivity index (χ0) is 7.40. The SMILES string of the molecule is NNC(=O)C1=NCCCN1. The molecule has 1 aliphatic rings. The number of nitrogens with zero attached hydrogens (tertiary/aromatic N) is 1. The van der Waals surface area contributed by atoms with Crippen LogP contribution in [-0.4, -0.2) is 24.8 Å². The molecule has 0 saturated heterocycles. The maximum Gasteiger partial charge on any atom is 0.300 e. The number of hydrazine groups is 1. The maximum absolute atomic E-state index is 10.7. The fraction of sp³-hybridized carbons (Fsp3) is 0.600. The fourth-order valence-electron chi connectivity index (χ4n) is 0.753. The first kappa shape index (κ1) is 7.01. The average molecular weight is 142 g/mol. The van der Waals surface area contributed by atoms with Crippen LogP contribution < -0.4 is 16.6 Å². The molecule has 10 heavy (non-hydrogen) atoms. The van der Waals surface area contributed by atoms with Crippen molar-refractivity contribution in [3.05, 3.63) is 0 Å². The Kier molecular flexibility index (Phi) is 2.22. The van der Waals surface area contributed by atoms with Gasteiger partial charge in [-0.1, -0.05) is 0 Å². The molecular formula is C5H10N4O. The first-order valence-corrected chi connectivity index (χ1v) is 3.14. The number of hydrogen-bond acceptors (Lipinski definition) is 4. The van der Waals surface area contributed by atoms with E-state index in [-0.39, 0.29) is 5.91 Å². The summed E-state index contributed by atoms with van der Waals surface area (Å²) >= 11 is 0. The van der Waals surface area contributed by atoms with Crippen molar-refractivity contribution < 1.29 is 4.79 Å². The van der Waals surface area contributed by atoms with E-state index in [4.69, 9.17) is 5.84 Å². The number of amidine groups is 1. The summed E-state index contributed by atoms with van der Waals surface area (Å²) in [5, 5.41) is 2.83. The van der Waals surface area contributed by atoms with Gasteiger partial charge in [-0.05, 0) is 6.42 Å². The molecule has 0 radical (unpaired) electrons. The van der Waals surface area contributed by atoms with E-state index >= 15 is 0 Å². The molecule has 0 spiro atoms. The van der Waals surface area contributed by atoms with Crippen LogP contribution in [0.25, 0.3) is 0 Å². The van der Waals surface area contributed by atoms with Crippen molar-refractivity contribution in [3.8, 4) is 0 Å². The van der Waals surface area contributed by atoms with E-state index in [1.54, 1.807) is 0 Å². The van der Waals surface area contributed by atoms with Crippen LogP contribution in [0.5, 0.6) is 0 Å². The third-order valence-corrected chi connectivity index (χ3v) is 1.24. The van der Waals surface area contributed by atoms with Crippen molar-refractivity contribution in [1.29, 1.82) is 0 Å². The van der Waals surface area contributed by atoms with Crippen molar-refractivity contribution in [2.75, 3.05) is 13.1 Å². The highest BCUT2D eigenvalue weighted by atomic mass is 16.2. The number of carbonyl (C=O) groups excluding carboxylic acids is 1. The molecular weight excluding hydrogens is 132 g/mol. The highest BCUT2D eigenvalue weighted by Gasteiger charge is 2.10. The Labute approximate surface area is 58.7 Å². The van der Waals surface area contributed by atoms with E-state index in [2.05, 4.69) is 10.3 Å². The molecule has 0 aromatic carbocycles. The summed E-state index contributed by atoms with van der Waals surface area (Å²) in [6.07, 6.45) is 0.974.